The third kappa shape index (κ3) is 5.98. The van der Waals surface area contributed by atoms with Gasteiger partial charge in [0.2, 0.25) is 0 Å². The van der Waals surface area contributed by atoms with Crippen LogP contribution < -0.4 is 0 Å². The Kier molecular flexibility index (Phi) is 3.09. The van der Waals surface area contributed by atoms with Crippen molar-refractivity contribution in [3.63, 3.8) is 0 Å². The third-order valence-corrected chi connectivity index (χ3v) is 1.26. The summed E-state index contributed by atoms with van der Waals surface area (Å²) in [7, 11) is -4.00. The summed E-state index contributed by atoms with van der Waals surface area (Å²) < 4.78 is 11.0. The van der Waals surface area contributed by atoms with Crippen molar-refractivity contribution in [3.05, 3.63) is 12.4 Å². The summed E-state index contributed by atoms with van der Waals surface area (Å²) in [5.41, 5.74) is 0. The molecule has 0 fully saturated rings. The first-order valence-electron chi connectivity index (χ1n) is 1.98. The molecule has 0 aromatic rings. The molecule has 0 saturated heterocycles. The summed E-state index contributed by atoms with van der Waals surface area (Å²) in [6.45, 7) is 0. The monoisotopic (exact) mass is 142 g/mol. The molecule has 0 spiro atoms. The maximum absolute atomic E-state index is 11.0. The van der Waals surface area contributed by atoms with E-state index in [-0.39, 0.29) is 12.5 Å². The minimum absolute atomic E-state index is 0.157. The van der Waals surface area contributed by atoms with Gasteiger partial charge in [-0.1, -0.05) is 0 Å². The Morgan fingerprint density at radius 2 is 1.88 bits per heavy atom. The average Bonchev–Trinajstić information content (AvgIpc) is 1.59. The van der Waals surface area contributed by atoms with Crippen molar-refractivity contribution in [1.82, 2.24) is 0 Å². The van der Waals surface area contributed by atoms with Gasteiger partial charge in [-0.2, -0.15) is 0 Å². The molecule has 0 unspecified atom stereocenters. The van der Waals surface area contributed by atoms with Gasteiger partial charge in [0.15, 0.2) is 0 Å². The Bertz CT molecular complexity index is 87.0. The molecule has 0 radical (unpaired) electrons. The summed E-state index contributed by atoms with van der Waals surface area (Å²) in [4.78, 5) is 24.5. The number of hydrogen-bond acceptors (Lipinski definition) is 3. The van der Waals surface area contributed by atoms with Crippen molar-refractivity contribution < 1.29 is 19.1 Å². The molecule has 5 heteroatoms. The molecule has 0 aliphatic carbocycles. The maximum atomic E-state index is 11.0. The SMILES string of the molecule is O[PH](O)(O)CC=CF. The fraction of sp³-hybridized carbons (Fsp3) is 0.333. The van der Waals surface area contributed by atoms with E-state index >= 15 is 0 Å². The molecule has 0 bridgehead atoms. The second-order valence-corrected chi connectivity index (χ2v) is 3.30. The Labute approximate surface area is 46.7 Å². The van der Waals surface area contributed by atoms with Crippen LogP contribution in [-0.4, -0.2) is 20.8 Å². The summed E-state index contributed by atoms with van der Waals surface area (Å²) in [6, 6.07) is 0. The standard InChI is InChI=1S/C3H8FO3P/c4-2-1-3-8(5,6)7/h1-2,5-8H,3H2. The molecule has 0 aliphatic heterocycles. The molecule has 0 aromatic heterocycles. The molecule has 3 N–H and O–H groups in total. The minimum atomic E-state index is -4.00. The molecule has 0 amide bonds. The molecular weight excluding hydrogens is 134 g/mol. The van der Waals surface area contributed by atoms with Crippen molar-refractivity contribution in [3.8, 4) is 0 Å². The van der Waals surface area contributed by atoms with Gasteiger partial charge in [-0.25, -0.2) is 0 Å². The first-order chi connectivity index (χ1) is 3.56. The second kappa shape index (κ2) is 3.10. The fourth-order valence-corrected chi connectivity index (χ4v) is 0.608. The van der Waals surface area contributed by atoms with Gasteiger partial charge in [-0.15, -0.1) is 0 Å². The summed E-state index contributed by atoms with van der Waals surface area (Å²) in [5.74, 6) is 0. The van der Waals surface area contributed by atoms with E-state index in [0.717, 1.165) is 6.08 Å². The fourth-order valence-electron chi connectivity index (χ4n) is 0.203. The molecule has 0 atom stereocenters. The Hall–Kier alpha value is -0.0200. The molecule has 0 heterocycles. The number of allylic oxidation sites excluding steroid dienone is 1. The zero-order chi connectivity index (χ0) is 6.62. The topological polar surface area (TPSA) is 60.7 Å². The van der Waals surface area contributed by atoms with E-state index < -0.39 is 7.94 Å². The van der Waals surface area contributed by atoms with E-state index in [9.17, 15) is 4.39 Å². The van der Waals surface area contributed by atoms with Crippen molar-refractivity contribution in [2.45, 2.75) is 0 Å². The third-order valence-electron chi connectivity index (χ3n) is 0.481. The molecule has 50 valence electrons. The van der Waals surface area contributed by atoms with Crippen LogP contribution in [0.25, 0.3) is 0 Å². The van der Waals surface area contributed by atoms with Gasteiger partial charge in [0.05, 0.1) is 0 Å². The van der Waals surface area contributed by atoms with E-state index in [4.69, 9.17) is 14.7 Å². The van der Waals surface area contributed by atoms with Gasteiger partial charge < -0.3 is 0 Å². The molecule has 0 aromatic carbocycles. The molecular formula is C3H8FO3P. The number of halogens is 1. The van der Waals surface area contributed by atoms with E-state index in [1.807, 2.05) is 0 Å². The van der Waals surface area contributed by atoms with Crippen molar-refractivity contribution >= 4 is 7.94 Å². The Morgan fingerprint density at radius 3 is 2.00 bits per heavy atom. The summed E-state index contributed by atoms with van der Waals surface area (Å²) in [5, 5.41) is 0. The van der Waals surface area contributed by atoms with Gasteiger partial charge in [0, 0.05) is 0 Å². The summed E-state index contributed by atoms with van der Waals surface area (Å²) >= 11 is 0. The van der Waals surface area contributed by atoms with E-state index in [1.54, 1.807) is 0 Å². The van der Waals surface area contributed by atoms with Gasteiger partial charge in [-0.05, 0) is 0 Å². The van der Waals surface area contributed by atoms with Crippen LogP contribution in [0.3, 0.4) is 0 Å². The van der Waals surface area contributed by atoms with Crippen LogP contribution in [0, 0.1) is 0 Å². The van der Waals surface area contributed by atoms with Crippen LogP contribution in [0.4, 0.5) is 4.39 Å². The molecule has 8 heavy (non-hydrogen) atoms. The summed E-state index contributed by atoms with van der Waals surface area (Å²) in [6.07, 6.45) is 0.625. The Morgan fingerprint density at radius 1 is 1.38 bits per heavy atom. The Balaban J connectivity index is 3.39. The van der Waals surface area contributed by atoms with Crippen LogP contribution in [0.15, 0.2) is 12.4 Å². The van der Waals surface area contributed by atoms with Crippen LogP contribution in [-0.2, 0) is 0 Å². The first-order valence-corrected chi connectivity index (χ1v) is 4.03. The van der Waals surface area contributed by atoms with Crippen molar-refractivity contribution in [2.24, 2.45) is 0 Å². The molecule has 3 nitrogen and oxygen atoms in total. The number of rotatable bonds is 2. The quantitative estimate of drug-likeness (QED) is 0.473. The first kappa shape index (κ1) is 7.98. The second-order valence-electron chi connectivity index (χ2n) is 1.34. The molecule has 0 rings (SSSR count). The van der Waals surface area contributed by atoms with Gasteiger partial charge >= 0.3 is 45.6 Å². The van der Waals surface area contributed by atoms with Crippen LogP contribution in [0.1, 0.15) is 0 Å². The molecule has 0 saturated carbocycles. The zero-order valence-corrected chi connectivity index (χ0v) is 5.08. The zero-order valence-electron chi connectivity index (χ0n) is 4.08. The molecule has 0 aliphatic rings. The van der Waals surface area contributed by atoms with Crippen molar-refractivity contribution in [2.75, 3.05) is 6.16 Å². The van der Waals surface area contributed by atoms with E-state index in [1.165, 1.54) is 0 Å². The van der Waals surface area contributed by atoms with E-state index in [2.05, 4.69) is 0 Å². The van der Waals surface area contributed by atoms with Crippen LogP contribution >= 0.6 is 7.94 Å². The van der Waals surface area contributed by atoms with Gasteiger partial charge in [0.1, 0.15) is 0 Å². The predicted molar refractivity (Wildman–Crippen MR) is 30.1 cm³/mol. The average molecular weight is 142 g/mol. The van der Waals surface area contributed by atoms with Crippen molar-refractivity contribution in [1.29, 1.82) is 0 Å². The van der Waals surface area contributed by atoms with Crippen LogP contribution in [0.2, 0.25) is 0 Å². The van der Waals surface area contributed by atoms with E-state index in [0.29, 0.717) is 0 Å². The number of hydrogen-bond donors (Lipinski definition) is 3. The van der Waals surface area contributed by atoms with Gasteiger partial charge in [-0.3, -0.25) is 0 Å². The predicted octanol–water partition coefficient (Wildman–Crippen LogP) is -0.0586. The normalized spacial score (nSPS) is 15.0. The van der Waals surface area contributed by atoms with Crippen LogP contribution in [0.5, 0.6) is 0 Å². The van der Waals surface area contributed by atoms with Gasteiger partial charge in [0.25, 0.3) is 0 Å².